The van der Waals surface area contributed by atoms with E-state index in [1.54, 1.807) is 6.92 Å². The average molecular weight is 398 g/mol. The molecule has 0 fully saturated rings. The molecule has 1 unspecified atom stereocenters. The van der Waals surface area contributed by atoms with Gasteiger partial charge in [-0.25, -0.2) is 4.79 Å². The molecule has 2 atom stereocenters. The van der Waals surface area contributed by atoms with E-state index < -0.39 is 29.9 Å². The maximum absolute atomic E-state index is 12.8. The number of hydrogen-bond acceptors (Lipinski definition) is 4. The average Bonchev–Trinajstić information content (AvgIpc) is 2.71. The van der Waals surface area contributed by atoms with Gasteiger partial charge in [0.25, 0.3) is 0 Å². The molecule has 0 saturated carbocycles. The summed E-state index contributed by atoms with van der Waals surface area (Å²) in [4.78, 5) is 36.9. The molecule has 7 heteroatoms. The molecule has 0 saturated heterocycles. The van der Waals surface area contributed by atoms with E-state index in [-0.39, 0.29) is 12.8 Å². The van der Waals surface area contributed by atoms with Crippen LogP contribution >= 0.6 is 0 Å². The van der Waals surface area contributed by atoms with Gasteiger partial charge in [-0.15, -0.1) is 0 Å². The summed E-state index contributed by atoms with van der Waals surface area (Å²) in [5.74, 6) is -2.80. The van der Waals surface area contributed by atoms with Crippen molar-refractivity contribution in [3.63, 3.8) is 0 Å². The molecule has 1 amide bonds. The SMILES string of the molecule is CC(C(=O)N[C@@H](CCC(=O)O)C(=O)O)N(Cc1ccccc1)Cc1ccccc1. The first-order chi connectivity index (χ1) is 13.9. The first kappa shape index (κ1) is 22.1. The fourth-order valence-electron chi connectivity index (χ4n) is 2.95. The second kappa shape index (κ2) is 11.0. The Balaban J connectivity index is 2.13. The minimum absolute atomic E-state index is 0.166. The first-order valence-corrected chi connectivity index (χ1v) is 9.43. The van der Waals surface area contributed by atoms with Crippen LogP contribution in [-0.4, -0.2) is 45.0 Å². The zero-order valence-corrected chi connectivity index (χ0v) is 16.3. The molecule has 29 heavy (non-hydrogen) atoms. The Morgan fingerprint density at radius 2 is 1.38 bits per heavy atom. The first-order valence-electron chi connectivity index (χ1n) is 9.43. The van der Waals surface area contributed by atoms with Gasteiger partial charge in [-0.05, 0) is 24.5 Å². The Morgan fingerprint density at radius 1 is 0.897 bits per heavy atom. The van der Waals surface area contributed by atoms with Gasteiger partial charge in [0, 0.05) is 19.5 Å². The molecule has 2 aromatic carbocycles. The third-order valence-corrected chi connectivity index (χ3v) is 4.65. The molecule has 0 heterocycles. The Hall–Kier alpha value is -3.19. The van der Waals surface area contributed by atoms with Crippen LogP contribution in [0.15, 0.2) is 60.7 Å². The van der Waals surface area contributed by atoms with E-state index in [0.29, 0.717) is 13.1 Å². The number of nitrogens with one attached hydrogen (secondary N) is 1. The smallest absolute Gasteiger partial charge is 0.326 e. The number of carbonyl (C=O) groups excluding carboxylic acids is 1. The number of hydrogen-bond donors (Lipinski definition) is 3. The van der Waals surface area contributed by atoms with Crippen LogP contribution in [0.4, 0.5) is 0 Å². The van der Waals surface area contributed by atoms with Crippen LogP contribution in [-0.2, 0) is 27.5 Å². The van der Waals surface area contributed by atoms with Gasteiger partial charge in [0.05, 0.1) is 6.04 Å². The van der Waals surface area contributed by atoms with E-state index in [1.165, 1.54) is 0 Å². The minimum atomic E-state index is -1.25. The standard InChI is InChI=1S/C22H26N2O5/c1-16(21(27)23-19(22(28)29)12-13-20(25)26)24(14-17-8-4-2-5-9-17)15-18-10-6-3-7-11-18/h2-11,16,19H,12-15H2,1H3,(H,23,27)(H,25,26)(H,28,29)/t16?,19-/m0/s1. The summed E-state index contributed by atoms with van der Waals surface area (Å²) in [5, 5.41) is 20.6. The summed E-state index contributed by atoms with van der Waals surface area (Å²) in [5.41, 5.74) is 2.06. The third kappa shape index (κ3) is 7.38. The molecule has 0 aromatic heterocycles. The monoisotopic (exact) mass is 398 g/mol. The quantitative estimate of drug-likeness (QED) is 0.537. The zero-order chi connectivity index (χ0) is 21.2. The number of carboxylic acid groups (broad SMARTS) is 2. The number of amides is 1. The fourth-order valence-corrected chi connectivity index (χ4v) is 2.95. The van der Waals surface area contributed by atoms with Gasteiger partial charge in [0.15, 0.2) is 0 Å². The van der Waals surface area contributed by atoms with E-state index in [9.17, 15) is 19.5 Å². The number of rotatable bonds is 11. The van der Waals surface area contributed by atoms with Crippen molar-refractivity contribution in [2.75, 3.05) is 0 Å². The maximum Gasteiger partial charge on any atom is 0.326 e. The van der Waals surface area contributed by atoms with Crippen molar-refractivity contribution in [3.05, 3.63) is 71.8 Å². The molecule has 2 rings (SSSR count). The number of benzene rings is 2. The summed E-state index contributed by atoms with van der Waals surface area (Å²) in [6.45, 7) is 2.74. The summed E-state index contributed by atoms with van der Waals surface area (Å²) in [7, 11) is 0. The van der Waals surface area contributed by atoms with Crippen LogP contribution in [0.1, 0.15) is 30.9 Å². The third-order valence-electron chi connectivity index (χ3n) is 4.65. The molecule has 154 valence electrons. The molecular weight excluding hydrogens is 372 g/mol. The highest BCUT2D eigenvalue weighted by atomic mass is 16.4. The van der Waals surface area contributed by atoms with Crippen LogP contribution in [0.25, 0.3) is 0 Å². The van der Waals surface area contributed by atoms with E-state index in [1.807, 2.05) is 65.6 Å². The number of aliphatic carboxylic acids is 2. The topological polar surface area (TPSA) is 107 Å². The molecule has 0 spiro atoms. The van der Waals surface area contributed by atoms with Crippen molar-refractivity contribution in [1.29, 1.82) is 0 Å². The van der Waals surface area contributed by atoms with Gasteiger partial charge >= 0.3 is 11.9 Å². The second-order valence-electron chi connectivity index (χ2n) is 6.88. The van der Waals surface area contributed by atoms with Gasteiger partial charge < -0.3 is 15.5 Å². The molecule has 2 aromatic rings. The van der Waals surface area contributed by atoms with Crippen LogP contribution in [0.3, 0.4) is 0 Å². The highest BCUT2D eigenvalue weighted by Crippen LogP contribution is 2.14. The Morgan fingerprint density at radius 3 is 1.79 bits per heavy atom. The molecular formula is C22H26N2O5. The predicted octanol–water partition coefficient (Wildman–Crippen LogP) is 2.51. The van der Waals surface area contributed by atoms with E-state index in [0.717, 1.165) is 11.1 Å². The van der Waals surface area contributed by atoms with Crippen molar-refractivity contribution in [2.45, 2.75) is 44.9 Å². The second-order valence-corrected chi connectivity index (χ2v) is 6.88. The van der Waals surface area contributed by atoms with Gasteiger partial charge in [-0.3, -0.25) is 14.5 Å². The number of carbonyl (C=O) groups is 3. The van der Waals surface area contributed by atoms with Gasteiger partial charge in [-0.2, -0.15) is 0 Å². The minimum Gasteiger partial charge on any atom is -0.481 e. The lowest BCUT2D eigenvalue weighted by atomic mass is 10.1. The van der Waals surface area contributed by atoms with Crippen molar-refractivity contribution < 1.29 is 24.6 Å². The maximum atomic E-state index is 12.8. The number of carboxylic acids is 2. The molecule has 0 aliphatic rings. The van der Waals surface area contributed by atoms with Crippen LogP contribution in [0, 0.1) is 0 Å². The Labute approximate surface area is 170 Å². The molecule has 0 radical (unpaired) electrons. The summed E-state index contributed by atoms with van der Waals surface area (Å²) in [6, 6.07) is 17.6. The molecule has 0 aliphatic heterocycles. The van der Waals surface area contributed by atoms with Crippen molar-refractivity contribution in [1.82, 2.24) is 10.2 Å². The molecule has 7 nitrogen and oxygen atoms in total. The lowest BCUT2D eigenvalue weighted by Crippen LogP contribution is -2.50. The number of nitrogens with zero attached hydrogens (tertiary/aromatic N) is 1. The van der Waals surface area contributed by atoms with E-state index >= 15 is 0 Å². The molecule has 3 N–H and O–H groups in total. The van der Waals surface area contributed by atoms with Gasteiger partial charge in [0.2, 0.25) is 5.91 Å². The van der Waals surface area contributed by atoms with Crippen molar-refractivity contribution >= 4 is 17.8 Å². The van der Waals surface area contributed by atoms with Crippen LogP contribution in [0.2, 0.25) is 0 Å². The summed E-state index contributed by atoms with van der Waals surface area (Å²) >= 11 is 0. The summed E-state index contributed by atoms with van der Waals surface area (Å²) in [6.07, 6.45) is -0.496. The van der Waals surface area contributed by atoms with Crippen LogP contribution < -0.4 is 5.32 Å². The van der Waals surface area contributed by atoms with E-state index in [2.05, 4.69) is 5.32 Å². The van der Waals surface area contributed by atoms with Gasteiger partial charge in [0.1, 0.15) is 6.04 Å². The normalized spacial score (nSPS) is 12.9. The zero-order valence-electron chi connectivity index (χ0n) is 16.3. The highest BCUT2D eigenvalue weighted by molar-refractivity contribution is 5.87. The fraction of sp³-hybridized carbons (Fsp3) is 0.318. The summed E-state index contributed by atoms with van der Waals surface area (Å²) < 4.78 is 0. The van der Waals surface area contributed by atoms with E-state index in [4.69, 9.17) is 5.11 Å². The largest absolute Gasteiger partial charge is 0.481 e. The molecule has 0 bridgehead atoms. The lowest BCUT2D eigenvalue weighted by Gasteiger charge is -2.29. The van der Waals surface area contributed by atoms with Crippen LogP contribution in [0.5, 0.6) is 0 Å². The highest BCUT2D eigenvalue weighted by Gasteiger charge is 2.27. The lowest BCUT2D eigenvalue weighted by molar-refractivity contribution is -0.143. The van der Waals surface area contributed by atoms with Crippen molar-refractivity contribution in [2.24, 2.45) is 0 Å². The van der Waals surface area contributed by atoms with Gasteiger partial charge in [-0.1, -0.05) is 60.7 Å². The predicted molar refractivity (Wildman–Crippen MR) is 108 cm³/mol. The molecule has 0 aliphatic carbocycles. The Kier molecular flexibility index (Phi) is 8.36. The Bertz CT molecular complexity index is 769. The van der Waals surface area contributed by atoms with Crippen molar-refractivity contribution in [3.8, 4) is 0 Å².